The number of thioether (sulfide) groups is 1. The number of hydrogen-bond acceptors (Lipinski definition) is 4. The summed E-state index contributed by atoms with van der Waals surface area (Å²) in [7, 11) is 0. The van der Waals surface area contributed by atoms with Crippen LogP contribution in [0.3, 0.4) is 0 Å². The number of rotatable bonds is 6. The van der Waals surface area contributed by atoms with Gasteiger partial charge in [0.1, 0.15) is 5.84 Å². The summed E-state index contributed by atoms with van der Waals surface area (Å²) >= 11 is 1.70. The highest BCUT2D eigenvalue weighted by Crippen LogP contribution is 2.09. The SMILES string of the molecule is CCCN=C(CSCc1ccccn1)NC#N. The number of aliphatic imine (C=N–C) groups is 1. The summed E-state index contributed by atoms with van der Waals surface area (Å²) in [6.45, 7) is 2.82. The van der Waals surface area contributed by atoms with Gasteiger partial charge in [-0.2, -0.15) is 5.26 Å². The van der Waals surface area contributed by atoms with Crippen molar-refractivity contribution in [1.82, 2.24) is 10.3 Å². The van der Waals surface area contributed by atoms with E-state index >= 15 is 0 Å². The molecule has 0 amide bonds. The van der Waals surface area contributed by atoms with E-state index in [1.54, 1.807) is 18.0 Å². The van der Waals surface area contributed by atoms with Crippen LogP contribution in [0, 0.1) is 11.5 Å². The van der Waals surface area contributed by atoms with E-state index in [2.05, 4.69) is 22.2 Å². The van der Waals surface area contributed by atoms with E-state index in [4.69, 9.17) is 5.26 Å². The Hall–Kier alpha value is -1.54. The van der Waals surface area contributed by atoms with E-state index in [-0.39, 0.29) is 0 Å². The summed E-state index contributed by atoms with van der Waals surface area (Å²) in [5, 5.41) is 11.2. The second-order valence-electron chi connectivity index (χ2n) is 3.38. The fraction of sp³-hybridized carbons (Fsp3) is 0.417. The van der Waals surface area contributed by atoms with Gasteiger partial charge < -0.3 is 0 Å². The van der Waals surface area contributed by atoms with Crippen molar-refractivity contribution in [3.05, 3.63) is 30.1 Å². The lowest BCUT2D eigenvalue weighted by molar-refractivity contribution is 0.923. The zero-order valence-corrected chi connectivity index (χ0v) is 10.7. The van der Waals surface area contributed by atoms with Gasteiger partial charge in [-0.15, -0.1) is 11.8 Å². The summed E-state index contributed by atoms with van der Waals surface area (Å²) in [4.78, 5) is 8.54. The topological polar surface area (TPSA) is 61.1 Å². The van der Waals surface area contributed by atoms with Crippen molar-refractivity contribution in [2.75, 3.05) is 12.3 Å². The van der Waals surface area contributed by atoms with Crippen molar-refractivity contribution >= 4 is 17.6 Å². The van der Waals surface area contributed by atoms with Gasteiger partial charge >= 0.3 is 0 Å². The maximum atomic E-state index is 8.59. The lowest BCUT2D eigenvalue weighted by Crippen LogP contribution is -2.20. The first-order valence-corrected chi connectivity index (χ1v) is 6.68. The zero-order chi connectivity index (χ0) is 12.3. The number of nitriles is 1. The van der Waals surface area contributed by atoms with Gasteiger partial charge in [0.15, 0.2) is 6.19 Å². The second-order valence-corrected chi connectivity index (χ2v) is 4.36. The fourth-order valence-electron chi connectivity index (χ4n) is 1.17. The van der Waals surface area contributed by atoms with Gasteiger partial charge in [-0.25, -0.2) is 0 Å². The molecule has 0 atom stereocenters. The summed E-state index contributed by atoms with van der Waals surface area (Å²) in [5.74, 6) is 2.29. The number of pyridine rings is 1. The van der Waals surface area contributed by atoms with Crippen LogP contribution in [0.4, 0.5) is 0 Å². The molecular weight excluding hydrogens is 232 g/mol. The lowest BCUT2D eigenvalue weighted by Gasteiger charge is -2.03. The van der Waals surface area contributed by atoms with E-state index in [0.717, 1.165) is 30.2 Å². The minimum absolute atomic E-state index is 0.712. The molecule has 0 aliphatic rings. The molecule has 0 radical (unpaired) electrons. The van der Waals surface area contributed by atoms with Gasteiger partial charge in [0.05, 0.1) is 11.4 Å². The molecule has 1 N–H and O–H groups in total. The maximum absolute atomic E-state index is 8.59. The molecule has 0 aliphatic heterocycles. The Labute approximate surface area is 106 Å². The molecule has 4 nitrogen and oxygen atoms in total. The molecule has 90 valence electrons. The third kappa shape index (κ3) is 5.93. The first-order chi connectivity index (χ1) is 8.36. The molecule has 0 fully saturated rings. The molecule has 0 aromatic carbocycles. The molecule has 1 heterocycles. The van der Waals surface area contributed by atoms with Gasteiger partial charge in [-0.3, -0.25) is 15.3 Å². The van der Waals surface area contributed by atoms with E-state index in [0.29, 0.717) is 5.75 Å². The molecule has 1 aromatic heterocycles. The third-order valence-corrected chi connectivity index (χ3v) is 2.92. The van der Waals surface area contributed by atoms with Gasteiger partial charge in [-0.05, 0) is 18.6 Å². The average Bonchev–Trinajstić information content (AvgIpc) is 2.37. The Morgan fingerprint density at radius 2 is 2.47 bits per heavy atom. The summed E-state index contributed by atoms with van der Waals surface area (Å²) < 4.78 is 0. The summed E-state index contributed by atoms with van der Waals surface area (Å²) in [6.07, 6.45) is 4.69. The molecular formula is C12H16N4S. The minimum atomic E-state index is 0.712. The predicted octanol–water partition coefficient (Wildman–Crippen LogP) is 2.19. The molecule has 0 aliphatic carbocycles. The van der Waals surface area contributed by atoms with E-state index in [1.807, 2.05) is 24.4 Å². The largest absolute Gasteiger partial charge is 0.280 e. The second kappa shape index (κ2) is 8.59. The maximum Gasteiger partial charge on any atom is 0.182 e. The lowest BCUT2D eigenvalue weighted by atomic mass is 10.4. The number of nitrogens with one attached hydrogen (secondary N) is 1. The van der Waals surface area contributed by atoms with Crippen LogP contribution >= 0.6 is 11.8 Å². The Balaban J connectivity index is 2.35. The van der Waals surface area contributed by atoms with E-state index in [1.165, 1.54) is 0 Å². The van der Waals surface area contributed by atoms with E-state index < -0.39 is 0 Å². The van der Waals surface area contributed by atoms with Crippen molar-refractivity contribution in [2.24, 2.45) is 4.99 Å². The van der Waals surface area contributed by atoms with E-state index in [9.17, 15) is 0 Å². The van der Waals surface area contributed by atoms with Crippen LogP contribution in [0.2, 0.25) is 0 Å². The summed E-state index contributed by atoms with van der Waals surface area (Å²) in [6, 6.07) is 5.87. The number of amidine groups is 1. The van der Waals surface area contributed by atoms with Gasteiger partial charge in [0, 0.05) is 18.5 Å². The zero-order valence-electron chi connectivity index (χ0n) is 9.89. The van der Waals surface area contributed by atoms with Crippen molar-refractivity contribution in [1.29, 1.82) is 5.26 Å². The Kier molecular flexibility index (Phi) is 6.84. The van der Waals surface area contributed by atoms with Crippen LogP contribution in [0.1, 0.15) is 19.0 Å². The highest BCUT2D eigenvalue weighted by atomic mass is 32.2. The fourth-order valence-corrected chi connectivity index (χ4v) is 2.01. The molecule has 0 spiro atoms. The number of nitrogens with zero attached hydrogens (tertiary/aromatic N) is 3. The molecule has 0 bridgehead atoms. The predicted molar refractivity (Wildman–Crippen MR) is 71.7 cm³/mol. The summed E-state index contributed by atoms with van der Waals surface area (Å²) in [5.41, 5.74) is 1.05. The molecule has 0 saturated heterocycles. The Bertz CT molecular complexity index is 383. The minimum Gasteiger partial charge on any atom is -0.280 e. The van der Waals surface area contributed by atoms with Crippen LogP contribution in [-0.2, 0) is 5.75 Å². The normalized spacial score (nSPS) is 10.9. The van der Waals surface area contributed by atoms with Gasteiger partial charge in [0.2, 0.25) is 0 Å². The van der Waals surface area contributed by atoms with Gasteiger partial charge in [-0.1, -0.05) is 13.0 Å². The average molecular weight is 248 g/mol. The molecule has 17 heavy (non-hydrogen) atoms. The molecule has 1 aromatic rings. The smallest absolute Gasteiger partial charge is 0.182 e. The van der Waals surface area contributed by atoms with Crippen molar-refractivity contribution < 1.29 is 0 Å². The first kappa shape index (κ1) is 13.5. The van der Waals surface area contributed by atoms with Crippen LogP contribution in [0.25, 0.3) is 0 Å². The standard InChI is InChI=1S/C12H16N4S/c1-2-6-15-12(16-10-13)9-17-8-11-5-3-4-7-14-11/h3-5,7H,2,6,8-9H2,1H3,(H,15,16). The van der Waals surface area contributed by atoms with Crippen LogP contribution in [-0.4, -0.2) is 23.1 Å². The van der Waals surface area contributed by atoms with Crippen LogP contribution in [0.15, 0.2) is 29.4 Å². The van der Waals surface area contributed by atoms with Crippen molar-refractivity contribution in [3.8, 4) is 6.19 Å². The Morgan fingerprint density at radius 1 is 1.59 bits per heavy atom. The quantitative estimate of drug-likeness (QED) is 0.363. The molecule has 5 heteroatoms. The molecule has 0 unspecified atom stereocenters. The first-order valence-electron chi connectivity index (χ1n) is 5.53. The van der Waals surface area contributed by atoms with Gasteiger partial charge in [0.25, 0.3) is 0 Å². The Morgan fingerprint density at radius 3 is 3.12 bits per heavy atom. The van der Waals surface area contributed by atoms with Crippen LogP contribution < -0.4 is 5.32 Å². The third-order valence-electron chi connectivity index (χ3n) is 1.94. The molecule has 0 saturated carbocycles. The monoisotopic (exact) mass is 248 g/mol. The molecule has 1 rings (SSSR count). The van der Waals surface area contributed by atoms with Crippen molar-refractivity contribution in [2.45, 2.75) is 19.1 Å². The number of hydrogen-bond donors (Lipinski definition) is 1. The van der Waals surface area contributed by atoms with Crippen molar-refractivity contribution in [3.63, 3.8) is 0 Å². The highest BCUT2D eigenvalue weighted by Gasteiger charge is 1.99. The van der Waals surface area contributed by atoms with Crippen LogP contribution in [0.5, 0.6) is 0 Å². The number of aromatic nitrogens is 1. The highest BCUT2D eigenvalue weighted by molar-refractivity contribution is 7.99.